The summed E-state index contributed by atoms with van der Waals surface area (Å²) in [6.07, 6.45) is 1.21. The molecular formula is C12H10FNO2. The second-order valence-corrected chi connectivity index (χ2v) is 3.76. The number of carbonyl (C=O) groups is 2. The fourth-order valence-electron chi connectivity index (χ4n) is 1.61. The maximum Gasteiger partial charge on any atom is 0.261 e. The van der Waals surface area contributed by atoms with Gasteiger partial charge in [0.1, 0.15) is 5.82 Å². The molecule has 0 spiro atoms. The molecule has 16 heavy (non-hydrogen) atoms. The third-order valence-corrected chi connectivity index (χ3v) is 2.44. The van der Waals surface area contributed by atoms with Crippen LogP contribution in [0.15, 0.2) is 29.8 Å². The number of amides is 2. The summed E-state index contributed by atoms with van der Waals surface area (Å²) < 4.78 is 13.6. The minimum Gasteiger partial charge on any atom is -0.269 e. The standard InChI is InChI=1S/C12H10FNO2/c1-7-3-4-10(9(13)5-7)14-11(15)6-8(2)12(14)16/h3-6H,1-2H3. The van der Waals surface area contributed by atoms with Crippen LogP contribution < -0.4 is 4.90 Å². The zero-order chi connectivity index (χ0) is 11.9. The Morgan fingerprint density at radius 3 is 2.38 bits per heavy atom. The van der Waals surface area contributed by atoms with Crippen LogP contribution in [0.5, 0.6) is 0 Å². The van der Waals surface area contributed by atoms with Crippen molar-refractivity contribution in [3.8, 4) is 0 Å². The minimum absolute atomic E-state index is 0.00806. The predicted octanol–water partition coefficient (Wildman–Crippen LogP) is 1.95. The van der Waals surface area contributed by atoms with Crippen molar-refractivity contribution in [1.82, 2.24) is 0 Å². The van der Waals surface area contributed by atoms with Gasteiger partial charge < -0.3 is 0 Å². The van der Waals surface area contributed by atoms with Gasteiger partial charge in [-0.1, -0.05) is 6.07 Å². The van der Waals surface area contributed by atoms with Crippen LogP contribution in [0.2, 0.25) is 0 Å². The second kappa shape index (κ2) is 3.56. The smallest absolute Gasteiger partial charge is 0.261 e. The van der Waals surface area contributed by atoms with Crippen LogP contribution in [-0.4, -0.2) is 11.8 Å². The van der Waals surface area contributed by atoms with Gasteiger partial charge >= 0.3 is 0 Å². The lowest BCUT2D eigenvalue weighted by molar-refractivity contribution is -0.120. The lowest BCUT2D eigenvalue weighted by Crippen LogP contribution is -2.31. The molecule has 0 fully saturated rings. The number of carbonyl (C=O) groups excluding carboxylic acids is 2. The van der Waals surface area contributed by atoms with Crippen LogP contribution in [0, 0.1) is 12.7 Å². The van der Waals surface area contributed by atoms with E-state index in [9.17, 15) is 14.0 Å². The van der Waals surface area contributed by atoms with E-state index < -0.39 is 17.6 Å². The van der Waals surface area contributed by atoms with E-state index in [4.69, 9.17) is 0 Å². The van der Waals surface area contributed by atoms with Crippen LogP contribution >= 0.6 is 0 Å². The van der Waals surface area contributed by atoms with Gasteiger partial charge in [0, 0.05) is 11.6 Å². The Labute approximate surface area is 92.2 Å². The number of anilines is 1. The number of hydrogen-bond acceptors (Lipinski definition) is 2. The summed E-state index contributed by atoms with van der Waals surface area (Å²) in [5.74, 6) is -1.53. The summed E-state index contributed by atoms with van der Waals surface area (Å²) in [7, 11) is 0. The summed E-state index contributed by atoms with van der Waals surface area (Å²) >= 11 is 0. The Hall–Kier alpha value is -1.97. The average molecular weight is 219 g/mol. The predicted molar refractivity (Wildman–Crippen MR) is 57.4 cm³/mol. The highest BCUT2D eigenvalue weighted by Crippen LogP contribution is 2.25. The molecule has 2 amide bonds. The zero-order valence-electron chi connectivity index (χ0n) is 8.95. The zero-order valence-corrected chi connectivity index (χ0v) is 8.95. The molecule has 1 aliphatic heterocycles. The molecule has 0 saturated carbocycles. The Bertz CT molecular complexity index is 520. The molecule has 82 valence electrons. The molecule has 0 aromatic heterocycles. The molecule has 1 aromatic rings. The Morgan fingerprint density at radius 1 is 1.19 bits per heavy atom. The van der Waals surface area contributed by atoms with Crippen LogP contribution in [0.1, 0.15) is 12.5 Å². The lowest BCUT2D eigenvalue weighted by atomic mass is 10.2. The van der Waals surface area contributed by atoms with Gasteiger partial charge in [-0.05, 0) is 31.5 Å². The van der Waals surface area contributed by atoms with Crippen LogP contribution in [-0.2, 0) is 9.59 Å². The first-order valence-electron chi connectivity index (χ1n) is 4.83. The summed E-state index contributed by atoms with van der Waals surface area (Å²) in [5, 5.41) is 0. The van der Waals surface area contributed by atoms with E-state index in [0.717, 1.165) is 10.5 Å². The van der Waals surface area contributed by atoms with E-state index in [-0.39, 0.29) is 5.69 Å². The number of benzene rings is 1. The van der Waals surface area contributed by atoms with Crippen molar-refractivity contribution in [2.75, 3.05) is 4.90 Å². The number of aryl methyl sites for hydroxylation is 1. The molecule has 3 nitrogen and oxygen atoms in total. The molecule has 0 saturated heterocycles. The number of halogens is 1. The number of rotatable bonds is 1. The van der Waals surface area contributed by atoms with Gasteiger partial charge in [0.2, 0.25) is 0 Å². The molecule has 0 atom stereocenters. The van der Waals surface area contributed by atoms with E-state index in [2.05, 4.69) is 0 Å². The Morgan fingerprint density at radius 2 is 1.88 bits per heavy atom. The van der Waals surface area contributed by atoms with Crippen molar-refractivity contribution in [3.63, 3.8) is 0 Å². The summed E-state index contributed by atoms with van der Waals surface area (Å²) in [4.78, 5) is 24.0. The molecule has 2 rings (SSSR count). The molecule has 0 unspecified atom stereocenters. The van der Waals surface area contributed by atoms with Gasteiger partial charge in [-0.2, -0.15) is 0 Å². The average Bonchev–Trinajstić information content (AvgIpc) is 2.43. The third kappa shape index (κ3) is 1.52. The van der Waals surface area contributed by atoms with E-state index in [1.54, 1.807) is 13.0 Å². The van der Waals surface area contributed by atoms with E-state index in [0.29, 0.717) is 5.57 Å². The van der Waals surface area contributed by atoms with Gasteiger partial charge in [0.05, 0.1) is 5.69 Å². The molecule has 1 aromatic carbocycles. The van der Waals surface area contributed by atoms with E-state index >= 15 is 0 Å². The summed E-state index contributed by atoms with van der Waals surface area (Å²) in [5.41, 5.74) is 1.07. The van der Waals surface area contributed by atoms with Crippen LogP contribution in [0.3, 0.4) is 0 Å². The number of nitrogens with zero attached hydrogens (tertiary/aromatic N) is 1. The SMILES string of the molecule is CC1=CC(=O)N(c2ccc(C)cc2F)C1=O. The largest absolute Gasteiger partial charge is 0.269 e. The molecule has 4 heteroatoms. The van der Waals surface area contributed by atoms with Crippen LogP contribution in [0.25, 0.3) is 0 Å². The lowest BCUT2D eigenvalue weighted by Gasteiger charge is -2.15. The van der Waals surface area contributed by atoms with E-state index in [1.807, 2.05) is 0 Å². The van der Waals surface area contributed by atoms with Crippen molar-refractivity contribution >= 4 is 17.5 Å². The number of hydrogen-bond donors (Lipinski definition) is 0. The van der Waals surface area contributed by atoms with Crippen molar-refractivity contribution in [3.05, 3.63) is 41.2 Å². The molecule has 1 heterocycles. The summed E-state index contributed by atoms with van der Waals surface area (Å²) in [6.45, 7) is 3.27. The molecule has 0 radical (unpaired) electrons. The van der Waals surface area contributed by atoms with Gasteiger partial charge in [-0.15, -0.1) is 0 Å². The molecule has 1 aliphatic rings. The maximum absolute atomic E-state index is 13.6. The molecular weight excluding hydrogens is 209 g/mol. The normalized spacial score (nSPS) is 15.7. The van der Waals surface area contributed by atoms with Crippen molar-refractivity contribution < 1.29 is 14.0 Å². The fourth-order valence-corrected chi connectivity index (χ4v) is 1.61. The quantitative estimate of drug-likeness (QED) is 0.677. The second-order valence-electron chi connectivity index (χ2n) is 3.76. The topological polar surface area (TPSA) is 37.4 Å². The third-order valence-electron chi connectivity index (χ3n) is 2.44. The van der Waals surface area contributed by atoms with Crippen molar-refractivity contribution in [1.29, 1.82) is 0 Å². The van der Waals surface area contributed by atoms with Crippen molar-refractivity contribution in [2.45, 2.75) is 13.8 Å². The van der Waals surface area contributed by atoms with Gasteiger partial charge in [0.15, 0.2) is 0 Å². The minimum atomic E-state index is -0.565. The van der Waals surface area contributed by atoms with E-state index in [1.165, 1.54) is 25.1 Å². The molecule has 0 aliphatic carbocycles. The Balaban J connectivity index is 2.47. The highest BCUT2D eigenvalue weighted by Gasteiger charge is 2.31. The van der Waals surface area contributed by atoms with Crippen LogP contribution in [0.4, 0.5) is 10.1 Å². The van der Waals surface area contributed by atoms with Gasteiger partial charge in [-0.25, -0.2) is 9.29 Å². The van der Waals surface area contributed by atoms with Crippen molar-refractivity contribution in [2.24, 2.45) is 0 Å². The Kier molecular flexibility index (Phi) is 2.34. The first kappa shape index (κ1) is 10.5. The summed E-state index contributed by atoms with van der Waals surface area (Å²) in [6, 6.07) is 4.39. The number of imide groups is 1. The maximum atomic E-state index is 13.6. The molecule has 0 bridgehead atoms. The van der Waals surface area contributed by atoms with Gasteiger partial charge in [0.25, 0.3) is 11.8 Å². The monoisotopic (exact) mass is 219 g/mol. The molecule has 0 N–H and O–H groups in total. The van der Waals surface area contributed by atoms with Gasteiger partial charge in [-0.3, -0.25) is 9.59 Å². The first-order valence-corrected chi connectivity index (χ1v) is 4.83. The highest BCUT2D eigenvalue weighted by molar-refractivity contribution is 6.30. The first-order chi connectivity index (χ1) is 7.50. The highest BCUT2D eigenvalue weighted by atomic mass is 19.1. The fraction of sp³-hybridized carbons (Fsp3) is 0.167.